The van der Waals surface area contributed by atoms with Crippen LogP contribution in [0, 0.1) is 5.82 Å². The van der Waals surface area contributed by atoms with Gasteiger partial charge in [-0.1, -0.05) is 11.8 Å². The lowest BCUT2D eigenvalue weighted by Crippen LogP contribution is -2.15. The molecule has 1 amide bonds. The van der Waals surface area contributed by atoms with Crippen LogP contribution in [0.25, 0.3) is 0 Å². The third kappa shape index (κ3) is 5.82. The maximum atomic E-state index is 13.1. The summed E-state index contributed by atoms with van der Waals surface area (Å²) in [5.74, 6) is -0.407. The van der Waals surface area contributed by atoms with Crippen LogP contribution >= 0.6 is 11.8 Å². The molecule has 2 N–H and O–H groups in total. The summed E-state index contributed by atoms with van der Waals surface area (Å²) in [6, 6.07) is 11.6. The number of carbonyl (C=O) groups is 2. The molecule has 162 valence electrons. The van der Waals surface area contributed by atoms with Crippen molar-refractivity contribution >= 4 is 29.3 Å². The summed E-state index contributed by atoms with van der Waals surface area (Å²) in [5.41, 5.74) is 0.655. The van der Waals surface area contributed by atoms with Crippen molar-refractivity contribution in [2.45, 2.75) is 31.7 Å². The second-order valence-electron chi connectivity index (χ2n) is 6.52. The van der Waals surface area contributed by atoms with E-state index < -0.39 is 12.1 Å². The van der Waals surface area contributed by atoms with Crippen LogP contribution in [0.1, 0.15) is 36.1 Å². The highest BCUT2D eigenvalue weighted by Crippen LogP contribution is 2.25. The normalized spacial score (nSPS) is 11.7. The fraction of sp³-hybridized carbons (Fsp3) is 0.238. The maximum absolute atomic E-state index is 13.1. The number of nitrogens with one attached hydrogen (secondary N) is 1. The Balaban J connectivity index is 1.60. The highest BCUT2D eigenvalue weighted by atomic mass is 32.2. The van der Waals surface area contributed by atoms with E-state index in [4.69, 9.17) is 9.84 Å². The van der Waals surface area contributed by atoms with Crippen molar-refractivity contribution in [2.24, 2.45) is 0 Å². The molecule has 0 bridgehead atoms. The molecule has 3 rings (SSSR count). The Bertz CT molecular complexity index is 1050. The van der Waals surface area contributed by atoms with Gasteiger partial charge in [0.2, 0.25) is 5.91 Å². The fourth-order valence-electron chi connectivity index (χ4n) is 2.80. The molecule has 0 saturated carbocycles. The number of amides is 1. The molecule has 1 heterocycles. The molecule has 31 heavy (non-hydrogen) atoms. The predicted molar refractivity (Wildman–Crippen MR) is 114 cm³/mol. The second-order valence-corrected chi connectivity index (χ2v) is 7.46. The van der Waals surface area contributed by atoms with Gasteiger partial charge in [0.15, 0.2) is 17.1 Å². The number of carbonyl (C=O) groups excluding carboxylic acids is 1. The van der Waals surface area contributed by atoms with Gasteiger partial charge in [0.05, 0.1) is 11.3 Å². The van der Waals surface area contributed by atoms with E-state index in [0.717, 1.165) is 0 Å². The Labute approximate surface area is 182 Å². The standard InChI is InChI=1S/C21H21FN4O4S/c1-3-26-19(13(2)30-17-10-6-15(22)7-11-17)24-25-21(26)31-12-18(27)23-16-8-4-14(5-9-16)20(28)29/h4-11,13H,3,12H2,1-2H3,(H,23,27)(H,28,29). The largest absolute Gasteiger partial charge is 0.483 e. The van der Waals surface area contributed by atoms with E-state index in [-0.39, 0.29) is 23.0 Å². The predicted octanol–water partition coefficient (Wildman–Crippen LogP) is 4.01. The van der Waals surface area contributed by atoms with Gasteiger partial charge in [0.1, 0.15) is 11.6 Å². The van der Waals surface area contributed by atoms with E-state index >= 15 is 0 Å². The van der Waals surface area contributed by atoms with Gasteiger partial charge in [-0.25, -0.2) is 9.18 Å². The third-order valence-corrected chi connectivity index (χ3v) is 5.27. The Hall–Kier alpha value is -3.40. The van der Waals surface area contributed by atoms with Crippen molar-refractivity contribution in [3.8, 4) is 5.75 Å². The smallest absolute Gasteiger partial charge is 0.335 e. The molecule has 2 aromatic carbocycles. The minimum Gasteiger partial charge on any atom is -0.483 e. The van der Waals surface area contributed by atoms with Crippen LogP contribution < -0.4 is 10.1 Å². The molecule has 8 nitrogen and oxygen atoms in total. The first-order chi connectivity index (χ1) is 14.9. The number of benzene rings is 2. The number of hydrogen-bond donors (Lipinski definition) is 2. The lowest BCUT2D eigenvalue weighted by Gasteiger charge is -2.15. The summed E-state index contributed by atoms with van der Waals surface area (Å²) >= 11 is 1.23. The van der Waals surface area contributed by atoms with Crippen molar-refractivity contribution in [3.63, 3.8) is 0 Å². The number of carboxylic acid groups (broad SMARTS) is 1. The zero-order chi connectivity index (χ0) is 22.4. The number of aromatic carboxylic acids is 1. The van der Waals surface area contributed by atoms with E-state index in [9.17, 15) is 14.0 Å². The van der Waals surface area contributed by atoms with Gasteiger partial charge < -0.3 is 19.7 Å². The van der Waals surface area contributed by atoms with Crippen molar-refractivity contribution in [3.05, 3.63) is 65.7 Å². The number of aromatic nitrogens is 3. The lowest BCUT2D eigenvalue weighted by molar-refractivity contribution is -0.113. The molecular weight excluding hydrogens is 423 g/mol. The first kappa shape index (κ1) is 22.3. The monoisotopic (exact) mass is 444 g/mol. The minimum atomic E-state index is -1.03. The summed E-state index contributed by atoms with van der Waals surface area (Å²) in [6.45, 7) is 4.34. The van der Waals surface area contributed by atoms with Crippen LogP contribution in [-0.2, 0) is 11.3 Å². The highest BCUT2D eigenvalue weighted by molar-refractivity contribution is 7.99. The number of thioether (sulfide) groups is 1. The van der Waals surface area contributed by atoms with Crippen LogP contribution in [0.2, 0.25) is 0 Å². The van der Waals surface area contributed by atoms with Gasteiger partial charge in [0, 0.05) is 12.2 Å². The Morgan fingerprint density at radius 1 is 1.16 bits per heavy atom. The number of ether oxygens (including phenoxy) is 1. The summed E-state index contributed by atoms with van der Waals surface area (Å²) in [5, 5.41) is 20.6. The molecule has 0 saturated heterocycles. The van der Waals surface area contributed by atoms with Crippen molar-refractivity contribution in [2.75, 3.05) is 11.1 Å². The Morgan fingerprint density at radius 3 is 2.45 bits per heavy atom. The van der Waals surface area contributed by atoms with E-state index in [1.807, 2.05) is 18.4 Å². The molecular formula is C21H21FN4O4S. The van der Waals surface area contributed by atoms with Crippen molar-refractivity contribution in [1.29, 1.82) is 0 Å². The Kier molecular flexibility index (Phi) is 7.24. The quantitative estimate of drug-likeness (QED) is 0.480. The van der Waals surface area contributed by atoms with Crippen LogP contribution in [0.4, 0.5) is 10.1 Å². The molecule has 10 heteroatoms. The number of halogens is 1. The van der Waals surface area contributed by atoms with E-state index in [1.165, 1.54) is 48.2 Å². The van der Waals surface area contributed by atoms with Gasteiger partial charge in [0.25, 0.3) is 0 Å². The Morgan fingerprint density at radius 2 is 1.84 bits per heavy atom. The van der Waals surface area contributed by atoms with Gasteiger partial charge in [-0.15, -0.1) is 10.2 Å². The van der Waals surface area contributed by atoms with Crippen LogP contribution in [0.15, 0.2) is 53.7 Å². The molecule has 1 aromatic heterocycles. The van der Waals surface area contributed by atoms with Gasteiger partial charge in [-0.2, -0.15) is 0 Å². The average molecular weight is 444 g/mol. The fourth-order valence-corrected chi connectivity index (χ4v) is 3.61. The maximum Gasteiger partial charge on any atom is 0.335 e. The second kappa shape index (κ2) is 10.1. The first-order valence-electron chi connectivity index (χ1n) is 9.48. The summed E-state index contributed by atoms with van der Waals surface area (Å²) in [4.78, 5) is 23.1. The average Bonchev–Trinajstić information content (AvgIpc) is 3.17. The molecule has 0 aliphatic heterocycles. The number of hydrogen-bond acceptors (Lipinski definition) is 6. The number of anilines is 1. The minimum absolute atomic E-state index is 0.103. The van der Waals surface area contributed by atoms with Crippen LogP contribution in [0.3, 0.4) is 0 Å². The SMILES string of the molecule is CCn1c(SCC(=O)Nc2ccc(C(=O)O)cc2)nnc1C(C)Oc1ccc(F)cc1. The molecule has 3 aromatic rings. The molecule has 0 aliphatic carbocycles. The zero-order valence-electron chi connectivity index (χ0n) is 16.9. The van der Waals surface area contributed by atoms with Gasteiger partial charge >= 0.3 is 5.97 Å². The molecule has 1 atom stereocenters. The zero-order valence-corrected chi connectivity index (χ0v) is 17.7. The van der Waals surface area contributed by atoms with E-state index in [2.05, 4.69) is 15.5 Å². The lowest BCUT2D eigenvalue weighted by atomic mass is 10.2. The summed E-state index contributed by atoms with van der Waals surface area (Å²) in [7, 11) is 0. The molecule has 1 unspecified atom stereocenters. The first-order valence-corrected chi connectivity index (χ1v) is 10.5. The van der Waals surface area contributed by atoms with Crippen molar-refractivity contribution in [1.82, 2.24) is 14.8 Å². The van der Waals surface area contributed by atoms with E-state index in [1.54, 1.807) is 12.1 Å². The molecule has 0 fully saturated rings. The highest BCUT2D eigenvalue weighted by Gasteiger charge is 2.19. The summed E-state index contributed by atoms with van der Waals surface area (Å²) in [6.07, 6.45) is -0.422. The number of nitrogens with zero attached hydrogens (tertiary/aromatic N) is 3. The molecule has 0 radical (unpaired) electrons. The van der Waals surface area contributed by atoms with Crippen LogP contribution in [0.5, 0.6) is 5.75 Å². The molecule has 0 aliphatic rings. The number of carboxylic acids is 1. The summed E-state index contributed by atoms with van der Waals surface area (Å²) < 4.78 is 20.7. The van der Waals surface area contributed by atoms with E-state index in [0.29, 0.717) is 29.0 Å². The van der Waals surface area contributed by atoms with Gasteiger partial charge in [-0.05, 0) is 62.4 Å². The van der Waals surface area contributed by atoms with Gasteiger partial charge in [-0.3, -0.25) is 4.79 Å². The third-order valence-electron chi connectivity index (χ3n) is 4.30. The van der Waals surface area contributed by atoms with Crippen LogP contribution in [-0.4, -0.2) is 37.5 Å². The number of rotatable bonds is 9. The van der Waals surface area contributed by atoms with Crippen molar-refractivity contribution < 1.29 is 23.8 Å². The molecule has 0 spiro atoms. The topological polar surface area (TPSA) is 106 Å².